The standard InChI is InChI=1S/C8H15NO3/c1-9-5-8(12)3-2-6(4-8)7(10)11/h6,9,12H,2-5H2,1H3,(H,10,11). The molecule has 1 saturated carbocycles. The minimum Gasteiger partial charge on any atom is -0.481 e. The topological polar surface area (TPSA) is 69.6 Å². The molecule has 0 radical (unpaired) electrons. The Balaban J connectivity index is 2.48. The zero-order valence-corrected chi connectivity index (χ0v) is 7.21. The second kappa shape index (κ2) is 3.41. The van der Waals surface area contributed by atoms with Crippen LogP contribution in [0.2, 0.25) is 0 Å². The first kappa shape index (κ1) is 9.48. The highest BCUT2D eigenvalue weighted by Crippen LogP contribution is 2.33. The lowest BCUT2D eigenvalue weighted by atomic mass is 10.0. The monoisotopic (exact) mass is 173 g/mol. The van der Waals surface area contributed by atoms with Crippen LogP contribution < -0.4 is 5.32 Å². The van der Waals surface area contributed by atoms with Crippen LogP contribution in [0.25, 0.3) is 0 Å². The first-order chi connectivity index (χ1) is 5.57. The zero-order valence-electron chi connectivity index (χ0n) is 7.21. The van der Waals surface area contributed by atoms with E-state index in [1.54, 1.807) is 7.05 Å². The molecule has 0 aromatic carbocycles. The Morgan fingerprint density at radius 3 is 2.83 bits per heavy atom. The summed E-state index contributed by atoms with van der Waals surface area (Å²) in [5.74, 6) is -1.15. The minimum atomic E-state index is -0.794. The van der Waals surface area contributed by atoms with Gasteiger partial charge in [0, 0.05) is 6.54 Å². The molecule has 0 heterocycles. The van der Waals surface area contributed by atoms with Gasteiger partial charge in [0.05, 0.1) is 11.5 Å². The molecule has 1 aliphatic carbocycles. The van der Waals surface area contributed by atoms with Gasteiger partial charge in [0.15, 0.2) is 0 Å². The first-order valence-corrected chi connectivity index (χ1v) is 4.17. The third-order valence-corrected chi connectivity index (χ3v) is 2.44. The predicted molar refractivity (Wildman–Crippen MR) is 43.9 cm³/mol. The molecule has 2 atom stereocenters. The summed E-state index contributed by atoms with van der Waals surface area (Å²) in [6.07, 6.45) is 1.56. The normalized spacial score (nSPS) is 35.3. The molecule has 0 aliphatic heterocycles. The van der Waals surface area contributed by atoms with Gasteiger partial charge in [0.1, 0.15) is 0 Å². The fourth-order valence-corrected chi connectivity index (χ4v) is 1.81. The molecule has 4 nitrogen and oxygen atoms in total. The molecule has 0 spiro atoms. The highest BCUT2D eigenvalue weighted by atomic mass is 16.4. The molecule has 0 aromatic heterocycles. The number of nitrogens with one attached hydrogen (secondary N) is 1. The molecule has 3 N–H and O–H groups in total. The third-order valence-electron chi connectivity index (χ3n) is 2.44. The summed E-state index contributed by atoms with van der Waals surface area (Å²) in [5.41, 5.74) is -0.794. The molecular formula is C8H15NO3. The number of likely N-dealkylation sites (N-methyl/N-ethyl adjacent to an activating group) is 1. The van der Waals surface area contributed by atoms with E-state index in [9.17, 15) is 9.90 Å². The first-order valence-electron chi connectivity index (χ1n) is 4.17. The predicted octanol–water partition coefficient (Wildman–Crippen LogP) is -0.178. The van der Waals surface area contributed by atoms with Crippen LogP contribution in [0.15, 0.2) is 0 Å². The van der Waals surface area contributed by atoms with E-state index in [0.717, 1.165) is 0 Å². The Kier molecular flexibility index (Phi) is 2.69. The summed E-state index contributed by atoms with van der Waals surface area (Å²) in [6.45, 7) is 0.483. The van der Waals surface area contributed by atoms with Crippen LogP contribution in [0.4, 0.5) is 0 Å². The van der Waals surface area contributed by atoms with Crippen LogP contribution in [0.5, 0.6) is 0 Å². The van der Waals surface area contributed by atoms with Gasteiger partial charge in [-0.05, 0) is 26.3 Å². The van der Waals surface area contributed by atoms with Crippen LogP contribution in [0.3, 0.4) is 0 Å². The molecule has 0 saturated heterocycles. The van der Waals surface area contributed by atoms with Crippen LogP contribution in [-0.4, -0.2) is 35.4 Å². The second-order valence-electron chi connectivity index (χ2n) is 3.53. The van der Waals surface area contributed by atoms with Crippen LogP contribution >= 0.6 is 0 Å². The Labute approximate surface area is 71.6 Å². The van der Waals surface area contributed by atoms with Gasteiger partial charge in [-0.1, -0.05) is 0 Å². The number of carbonyl (C=O) groups is 1. The zero-order chi connectivity index (χ0) is 9.19. The molecular weight excluding hydrogens is 158 g/mol. The summed E-state index contributed by atoms with van der Waals surface area (Å²) >= 11 is 0. The fourth-order valence-electron chi connectivity index (χ4n) is 1.81. The Morgan fingerprint density at radius 2 is 2.42 bits per heavy atom. The number of rotatable bonds is 3. The maximum atomic E-state index is 10.6. The van der Waals surface area contributed by atoms with Crippen molar-refractivity contribution in [3.8, 4) is 0 Å². The largest absolute Gasteiger partial charge is 0.481 e. The average Bonchev–Trinajstić information content (AvgIpc) is 2.33. The smallest absolute Gasteiger partial charge is 0.306 e. The average molecular weight is 173 g/mol. The van der Waals surface area contributed by atoms with Gasteiger partial charge >= 0.3 is 5.97 Å². The molecule has 1 aliphatic rings. The van der Waals surface area contributed by atoms with Gasteiger partial charge in [0.2, 0.25) is 0 Å². The number of hydrogen-bond donors (Lipinski definition) is 3. The van der Waals surface area contributed by atoms with Crippen molar-refractivity contribution in [2.75, 3.05) is 13.6 Å². The van der Waals surface area contributed by atoms with E-state index in [-0.39, 0.29) is 5.92 Å². The lowest BCUT2D eigenvalue weighted by Crippen LogP contribution is -2.37. The van der Waals surface area contributed by atoms with E-state index < -0.39 is 11.6 Å². The number of aliphatic carboxylic acids is 1. The Bertz CT molecular complexity index is 183. The SMILES string of the molecule is CNCC1(O)CCC(C(=O)O)C1. The van der Waals surface area contributed by atoms with E-state index in [4.69, 9.17) is 5.11 Å². The molecule has 1 rings (SSSR count). The molecule has 0 aromatic rings. The van der Waals surface area contributed by atoms with Crippen LogP contribution in [0.1, 0.15) is 19.3 Å². The maximum Gasteiger partial charge on any atom is 0.306 e. The molecule has 12 heavy (non-hydrogen) atoms. The van der Waals surface area contributed by atoms with Crippen molar-refractivity contribution in [2.24, 2.45) is 5.92 Å². The van der Waals surface area contributed by atoms with Gasteiger partial charge in [-0.3, -0.25) is 4.79 Å². The summed E-state index contributed by atoms with van der Waals surface area (Å²) in [6, 6.07) is 0. The number of carboxylic acids is 1. The quantitative estimate of drug-likeness (QED) is 0.554. The van der Waals surface area contributed by atoms with Crippen LogP contribution in [-0.2, 0) is 4.79 Å². The van der Waals surface area contributed by atoms with Crippen molar-refractivity contribution in [1.82, 2.24) is 5.32 Å². The highest BCUT2D eigenvalue weighted by molar-refractivity contribution is 5.70. The number of carboxylic acid groups (broad SMARTS) is 1. The third kappa shape index (κ3) is 1.95. The fraction of sp³-hybridized carbons (Fsp3) is 0.875. The van der Waals surface area contributed by atoms with E-state index in [1.807, 2.05) is 0 Å². The molecule has 0 amide bonds. The highest BCUT2D eigenvalue weighted by Gasteiger charge is 2.39. The van der Waals surface area contributed by atoms with Gasteiger partial charge in [-0.15, -0.1) is 0 Å². The van der Waals surface area contributed by atoms with E-state index >= 15 is 0 Å². The van der Waals surface area contributed by atoms with E-state index in [0.29, 0.717) is 25.8 Å². The molecule has 1 fully saturated rings. The lowest BCUT2D eigenvalue weighted by Gasteiger charge is -2.21. The summed E-state index contributed by atoms with van der Waals surface area (Å²) in [4.78, 5) is 10.6. The van der Waals surface area contributed by atoms with Crippen LogP contribution in [0, 0.1) is 5.92 Å². The Hall–Kier alpha value is -0.610. The van der Waals surface area contributed by atoms with E-state index in [1.165, 1.54) is 0 Å². The van der Waals surface area contributed by atoms with Crippen molar-refractivity contribution in [3.63, 3.8) is 0 Å². The maximum absolute atomic E-state index is 10.6. The van der Waals surface area contributed by atoms with Crippen molar-refractivity contribution < 1.29 is 15.0 Å². The second-order valence-corrected chi connectivity index (χ2v) is 3.53. The van der Waals surface area contributed by atoms with Gasteiger partial charge in [-0.2, -0.15) is 0 Å². The Morgan fingerprint density at radius 1 is 1.75 bits per heavy atom. The van der Waals surface area contributed by atoms with Gasteiger partial charge < -0.3 is 15.5 Å². The van der Waals surface area contributed by atoms with Crippen molar-refractivity contribution in [1.29, 1.82) is 0 Å². The van der Waals surface area contributed by atoms with E-state index in [2.05, 4.69) is 5.32 Å². The summed E-state index contributed by atoms with van der Waals surface area (Å²) in [5, 5.41) is 21.3. The molecule has 0 bridgehead atoms. The molecule has 4 heteroatoms. The van der Waals surface area contributed by atoms with Gasteiger partial charge in [0.25, 0.3) is 0 Å². The minimum absolute atomic E-state index is 0.358. The summed E-state index contributed by atoms with van der Waals surface area (Å²) in [7, 11) is 1.76. The van der Waals surface area contributed by atoms with Crippen molar-refractivity contribution in [2.45, 2.75) is 24.9 Å². The summed E-state index contributed by atoms with van der Waals surface area (Å²) < 4.78 is 0. The van der Waals surface area contributed by atoms with Crippen molar-refractivity contribution in [3.05, 3.63) is 0 Å². The number of aliphatic hydroxyl groups is 1. The van der Waals surface area contributed by atoms with Crippen molar-refractivity contribution >= 4 is 5.97 Å². The molecule has 70 valence electrons. The number of hydrogen-bond acceptors (Lipinski definition) is 3. The lowest BCUT2D eigenvalue weighted by molar-refractivity contribution is -0.142. The molecule has 2 unspecified atom stereocenters. The van der Waals surface area contributed by atoms with Gasteiger partial charge in [-0.25, -0.2) is 0 Å².